The first-order chi connectivity index (χ1) is 17.0. The van der Waals surface area contributed by atoms with Gasteiger partial charge in [-0.1, -0.05) is 36.4 Å². The second-order valence-corrected chi connectivity index (χ2v) is 12.0. The van der Waals surface area contributed by atoms with E-state index in [0.29, 0.717) is 17.8 Å². The van der Waals surface area contributed by atoms with Crippen LogP contribution in [-0.4, -0.2) is 40.9 Å². The molecule has 0 spiro atoms. The monoisotopic (exact) mass is 509 g/mol. The number of alkyl halides is 1. The van der Waals surface area contributed by atoms with Crippen molar-refractivity contribution >= 4 is 38.1 Å². The molecule has 2 aromatic carbocycles. The van der Waals surface area contributed by atoms with Gasteiger partial charge in [0.15, 0.2) is 5.83 Å². The number of guanidine groups is 1. The Kier molecular flexibility index (Phi) is 6.17. The van der Waals surface area contributed by atoms with E-state index in [1.807, 2.05) is 60.7 Å². The van der Waals surface area contributed by atoms with E-state index in [0.717, 1.165) is 22.0 Å². The summed E-state index contributed by atoms with van der Waals surface area (Å²) in [6, 6.07) is 18.9. The van der Waals surface area contributed by atoms with Crippen LogP contribution >= 0.6 is 11.3 Å². The van der Waals surface area contributed by atoms with E-state index < -0.39 is 11.7 Å². The third-order valence-electron chi connectivity index (χ3n) is 7.50. The second kappa shape index (κ2) is 8.94. The molecule has 0 amide bonds. The van der Waals surface area contributed by atoms with Crippen LogP contribution in [0.2, 0.25) is 0 Å². The molecule has 3 aromatic rings. The number of anilines is 2. The average molecular weight is 510 g/mol. The van der Waals surface area contributed by atoms with E-state index in [4.69, 9.17) is 0 Å². The number of halogens is 2. The van der Waals surface area contributed by atoms with Crippen LogP contribution in [0.4, 0.5) is 19.5 Å². The molecule has 2 aliphatic rings. The Morgan fingerprint density at radius 2 is 1.61 bits per heavy atom. The van der Waals surface area contributed by atoms with Gasteiger partial charge < -0.3 is 5.32 Å². The average Bonchev–Trinajstić information content (AvgIpc) is 3.24. The Bertz CT molecular complexity index is 1260. The van der Waals surface area contributed by atoms with Gasteiger partial charge >= 0.3 is 0 Å². The molecule has 0 saturated carbocycles. The maximum absolute atomic E-state index is 17.2. The molecular weight excluding hydrogens is 476 g/mol. The lowest BCUT2D eigenvalue weighted by Crippen LogP contribution is -2.68. The van der Waals surface area contributed by atoms with Gasteiger partial charge in [-0.05, 0) is 77.2 Å². The van der Waals surface area contributed by atoms with Crippen LogP contribution in [0.25, 0.3) is 10.1 Å². The van der Waals surface area contributed by atoms with Crippen molar-refractivity contribution in [3.05, 3.63) is 72.7 Å². The third-order valence-corrected chi connectivity index (χ3v) is 8.60. The van der Waals surface area contributed by atoms with Crippen LogP contribution in [0.1, 0.15) is 40.5 Å². The molecule has 0 bridgehead atoms. The Labute approximate surface area is 215 Å². The normalized spacial score (nSPS) is 24.5. The number of thiophene rings is 1. The number of nitrogens with zero attached hydrogens (tertiary/aromatic N) is 3. The summed E-state index contributed by atoms with van der Waals surface area (Å²) >= 11 is 1.41. The fourth-order valence-corrected chi connectivity index (χ4v) is 6.57. The van der Waals surface area contributed by atoms with E-state index in [-0.39, 0.29) is 23.1 Å². The molecule has 36 heavy (non-hydrogen) atoms. The van der Waals surface area contributed by atoms with Crippen molar-refractivity contribution in [3.63, 3.8) is 0 Å². The predicted octanol–water partition coefficient (Wildman–Crippen LogP) is 6.86. The summed E-state index contributed by atoms with van der Waals surface area (Å²) in [6.45, 7) is 8.59. The number of hydrogen-bond donors (Lipinski definition) is 2. The number of likely N-dealkylation sites (tertiary alicyclic amines) is 1. The molecule has 0 aliphatic carbocycles. The Morgan fingerprint density at radius 3 is 2.28 bits per heavy atom. The van der Waals surface area contributed by atoms with Crippen molar-refractivity contribution < 1.29 is 8.78 Å². The van der Waals surface area contributed by atoms with Gasteiger partial charge in [-0.15, -0.1) is 11.3 Å². The number of piperidine rings is 1. The van der Waals surface area contributed by atoms with Crippen molar-refractivity contribution in [2.45, 2.75) is 63.6 Å². The highest BCUT2D eigenvalue weighted by Crippen LogP contribution is 2.43. The van der Waals surface area contributed by atoms with Gasteiger partial charge in [-0.25, -0.2) is 9.38 Å². The first kappa shape index (κ1) is 24.9. The lowest BCUT2D eigenvalue weighted by atomic mass is 9.77. The first-order valence-corrected chi connectivity index (χ1v) is 13.1. The van der Waals surface area contributed by atoms with Crippen molar-refractivity contribution in [1.82, 2.24) is 10.2 Å². The van der Waals surface area contributed by atoms with Crippen molar-refractivity contribution in [3.8, 4) is 0 Å². The van der Waals surface area contributed by atoms with Gasteiger partial charge in [0.05, 0.1) is 6.20 Å². The molecule has 1 atom stereocenters. The van der Waals surface area contributed by atoms with Gasteiger partial charge in [0, 0.05) is 27.5 Å². The van der Waals surface area contributed by atoms with E-state index in [1.165, 1.54) is 16.2 Å². The van der Waals surface area contributed by atoms with Crippen LogP contribution in [0.15, 0.2) is 77.7 Å². The minimum absolute atomic E-state index is 0.188. The number of aliphatic imine (C=N–C) groups is 1. The summed E-state index contributed by atoms with van der Waals surface area (Å²) in [5, 5.41) is 7.84. The largest absolute Gasteiger partial charge is 0.325 e. The summed E-state index contributed by atoms with van der Waals surface area (Å²) in [7, 11) is 2.10. The van der Waals surface area contributed by atoms with E-state index in [9.17, 15) is 0 Å². The van der Waals surface area contributed by atoms with E-state index in [2.05, 4.69) is 55.3 Å². The quantitative estimate of drug-likeness (QED) is 0.377. The number of rotatable bonds is 4. The predicted molar refractivity (Wildman–Crippen MR) is 147 cm³/mol. The molecule has 8 heteroatoms. The van der Waals surface area contributed by atoms with Gasteiger partial charge in [0.25, 0.3) is 5.92 Å². The lowest BCUT2D eigenvalue weighted by molar-refractivity contribution is -0.0322. The number of hydrogen-bond acceptors (Lipinski definition) is 6. The van der Waals surface area contributed by atoms with Crippen LogP contribution < -0.4 is 15.5 Å². The Morgan fingerprint density at radius 1 is 0.972 bits per heavy atom. The zero-order chi connectivity index (χ0) is 25.7. The molecule has 5 nitrogen and oxygen atoms in total. The van der Waals surface area contributed by atoms with E-state index in [1.54, 1.807) is 0 Å². The highest BCUT2D eigenvalue weighted by atomic mass is 32.1. The second-order valence-electron chi connectivity index (χ2n) is 10.9. The number of nitrogens with one attached hydrogen (secondary N) is 2. The number of benzene rings is 2. The molecule has 2 N–H and O–H groups in total. The number of para-hydroxylation sites is 1. The van der Waals surface area contributed by atoms with Crippen LogP contribution in [0.5, 0.6) is 0 Å². The van der Waals surface area contributed by atoms with Crippen molar-refractivity contribution in [2.75, 3.05) is 17.3 Å². The smallest absolute Gasteiger partial charge is 0.299 e. The first-order valence-electron chi connectivity index (χ1n) is 12.2. The molecule has 190 valence electrons. The fraction of sp³-hybridized carbons (Fsp3) is 0.393. The molecule has 1 aromatic heterocycles. The minimum Gasteiger partial charge on any atom is -0.325 e. The molecule has 5 rings (SSSR count). The fourth-order valence-electron chi connectivity index (χ4n) is 5.46. The summed E-state index contributed by atoms with van der Waals surface area (Å²) < 4.78 is 33.8. The Hall–Kier alpha value is -2.81. The van der Waals surface area contributed by atoms with Crippen LogP contribution in [-0.2, 0) is 0 Å². The van der Waals surface area contributed by atoms with Gasteiger partial charge in [-0.3, -0.25) is 15.1 Å². The molecule has 1 unspecified atom stereocenters. The minimum atomic E-state index is -2.60. The maximum atomic E-state index is 17.2. The topological polar surface area (TPSA) is 42.9 Å². The summed E-state index contributed by atoms with van der Waals surface area (Å²) in [5.74, 6) is -3.35. The zero-order valence-corrected chi connectivity index (χ0v) is 22.2. The van der Waals surface area contributed by atoms with E-state index >= 15 is 8.78 Å². The molecule has 1 saturated heterocycles. The van der Waals surface area contributed by atoms with Gasteiger partial charge in [-0.2, -0.15) is 4.39 Å². The van der Waals surface area contributed by atoms with Crippen LogP contribution in [0.3, 0.4) is 0 Å². The molecule has 1 fully saturated rings. The number of fused-ring (bicyclic) bond motifs is 1. The molecule has 3 heterocycles. The van der Waals surface area contributed by atoms with Crippen molar-refractivity contribution in [2.24, 2.45) is 4.99 Å². The Balaban J connectivity index is 1.57. The molecular formula is C28H33F2N5S. The molecule has 0 radical (unpaired) electrons. The highest BCUT2D eigenvalue weighted by Gasteiger charge is 2.52. The lowest BCUT2D eigenvalue weighted by Gasteiger charge is -2.55. The summed E-state index contributed by atoms with van der Waals surface area (Å²) in [5.41, 5.74) is 0.362. The highest BCUT2D eigenvalue weighted by molar-refractivity contribution is 7.23. The van der Waals surface area contributed by atoms with Gasteiger partial charge in [0.2, 0.25) is 5.96 Å². The third kappa shape index (κ3) is 4.42. The summed E-state index contributed by atoms with van der Waals surface area (Å²) in [6.07, 6.45) is 2.32. The zero-order valence-electron chi connectivity index (χ0n) is 21.3. The van der Waals surface area contributed by atoms with Crippen LogP contribution in [0, 0.1) is 0 Å². The SMILES string of the molecule is CN1C(C)(C)CC(NC2(F)C(F)=CN=C(Nc3ccccc3)N2c2cc3ccccc3s2)CC1(C)C. The van der Waals surface area contributed by atoms with Crippen molar-refractivity contribution in [1.29, 1.82) is 0 Å². The maximum Gasteiger partial charge on any atom is 0.299 e. The summed E-state index contributed by atoms with van der Waals surface area (Å²) in [4.78, 5) is 7.96. The standard InChI is InChI=1S/C28H33F2N5S/c1-26(2)16-21(17-27(3,4)34(26)5)33-28(30)23(29)18-31-25(32-20-12-7-6-8-13-20)35(28)24-15-19-11-9-10-14-22(19)36-24/h6-15,18,21,33H,16-17H2,1-5H3,(H,31,32). The van der Waals surface area contributed by atoms with Gasteiger partial charge in [0.1, 0.15) is 5.00 Å². The molecule has 2 aliphatic heterocycles.